The molecule has 2 rings (SSSR count). The van der Waals surface area contributed by atoms with Gasteiger partial charge in [-0.3, -0.25) is 4.98 Å². The molecule has 0 unspecified atom stereocenters. The van der Waals surface area contributed by atoms with E-state index in [4.69, 9.17) is 0 Å². The van der Waals surface area contributed by atoms with Crippen molar-refractivity contribution >= 4 is 15.9 Å². The standard InChI is InChI=1S/C8H7BrN4O/c1-5-2-3-6(9)12-7(5)13-8(14)10-4-11-13/h2-4H,1H3,(H,10,11,14). The van der Waals surface area contributed by atoms with E-state index in [-0.39, 0.29) is 5.69 Å². The fraction of sp³-hybridized carbons (Fsp3) is 0.125. The zero-order valence-electron chi connectivity index (χ0n) is 7.36. The number of H-pyrrole nitrogens is 1. The van der Waals surface area contributed by atoms with E-state index < -0.39 is 0 Å². The first-order chi connectivity index (χ1) is 6.68. The Morgan fingerprint density at radius 3 is 2.93 bits per heavy atom. The maximum atomic E-state index is 11.3. The number of halogens is 1. The van der Waals surface area contributed by atoms with Gasteiger partial charge in [-0.1, -0.05) is 6.07 Å². The lowest BCUT2D eigenvalue weighted by molar-refractivity contribution is 0.802. The van der Waals surface area contributed by atoms with Crippen LogP contribution < -0.4 is 5.69 Å². The molecule has 5 nitrogen and oxygen atoms in total. The highest BCUT2D eigenvalue weighted by molar-refractivity contribution is 9.10. The molecule has 0 amide bonds. The molecule has 0 bridgehead atoms. The molecule has 0 fully saturated rings. The number of aryl methyl sites for hydroxylation is 1. The Kier molecular flexibility index (Phi) is 2.20. The van der Waals surface area contributed by atoms with Gasteiger partial charge in [0.15, 0.2) is 5.82 Å². The number of hydrogen-bond donors (Lipinski definition) is 1. The molecule has 0 aliphatic heterocycles. The first kappa shape index (κ1) is 9.14. The molecular formula is C8H7BrN4O. The van der Waals surface area contributed by atoms with Crippen LogP contribution in [0.1, 0.15) is 5.56 Å². The molecule has 2 aromatic heterocycles. The molecule has 6 heteroatoms. The van der Waals surface area contributed by atoms with Crippen molar-refractivity contribution in [1.82, 2.24) is 19.7 Å². The quantitative estimate of drug-likeness (QED) is 0.774. The van der Waals surface area contributed by atoms with Crippen molar-refractivity contribution in [3.05, 3.63) is 39.1 Å². The number of hydrogen-bond acceptors (Lipinski definition) is 3. The van der Waals surface area contributed by atoms with E-state index in [2.05, 4.69) is 31.0 Å². The molecule has 0 aliphatic carbocycles. The minimum absolute atomic E-state index is 0.293. The summed E-state index contributed by atoms with van der Waals surface area (Å²) < 4.78 is 1.90. The van der Waals surface area contributed by atoms with Crippen molar-refractivity contribution < 1.29 is 0 Å². The largest absolute Gasteiger partial charge is 0.349 e. The van der Waals surface area contributed by atoms with Crippen LogP contribution in [0.3, 0.4) is 0 Å². The number of pyridine rings is 1. The molecule has 14 heavy (non-hydrogen) atoms. The van der Waals surface area contributed by atoms with Gasteiger partial charge < -0.3 is 0 Å². The van der Waals surface area contributed by atoms with Crippen LogP contribution in [0.15, 0.2) is 27.9 Å². The summed E-state index contributed by atoms with van der Waals surface area (Å²) in [4.78, 5) is 17.9. The Balaban J connectivity index is 2.68. The Morgan fingerprint density at radius 2 is 2.29 bits per heavy atom. The monoisotopic (exact) mass is 254 g/mol. The zero-order chi connectivity index (χ0) is 10.1. The number of rotatable bonds is 1. The van der Waals surface area contributed by atoms with Crippen LogP contribution in [0.2, 0.25) is 0 Å². The van der Waals surface area contributed by atoms with Crippen LogP contribution in [-0.2, 0) is 0 Å². The first-order valence-corrected chi connectivity index (χ1v) is 4.74. The zero-order valence-corrected chi connectivity index (χ0v) is 8.95. The third kappa shape index (κ3) is 1.48. The van der Waals surface area contributed by atoms with Crippen LogP contribution in [0.4, 0.5) is 0 Å². The minimum Gasteiger partial charge on any atom is -0.295 e. The highest BCUT2D eigenvalue weighted by atomic mass is 79.9. The summed E-state index contributed by atoms with van der Waals surface area (Å²) in [5, 5.41) is 3.85. The van der Waals surface area contributed by atoms with E-state index in [1.807, 2.05) is 19.1 Å². The van der Waals surface area contributed by atoms with Crippen LogP contribution >= 0.6 is 15.9 Å². The van der Waals surface area contributed by atoms with E-state index in [1.165, 1.54) is 11.0 Å². The number of aromatic nitrogens is 4. The van der Waals surface area contributed by atoms with E-state index >= 15 is 0 Å². The Morgan fingerprint density at radius 1 is 1.50 bits per heavy atom. The van der Waals surface area contributed by atoms with Gasteiger partial charge in [-0.05, 0) is 34.5 Å². The second-order valence-electron chi connectivity index (χ2n) is 2.78. The molecule has 0 aromatic carbocycles. The summed E-state index contributed by atoms with van der Waals surface area (Å²) in [6, 6.07) is 3.68. The first-order valence-electron chi connectivity index (χ1n) is 3.95. The predicted octanol–water partition coefficient (Wildman–Crippen LogP) is 1.03. The molecule has 0 saturated heterocycles. The van der Waals surface area contributed by atoms with Crippen molar-refractivity contribution in [2.24, 2.45) is 0 Å². The lowest BCUT2D eigenvalue weighted by atomic mass is 10.3. The summed E-state index contributed by atoms with van der Waals surface area (Å²) in [6.07, 6.45) is 1.34. The molecular weight excluding hydrogens is 248 g/mol. The Labute approximate surface area is 87.9 Å². The van der Waals surface area contributed by atoms with Crippen LogP contribution in [0, 0.1) is 6.92 Å². The summed E-state index contributed by atoms with van der Waals surface area (Å²) in [6.45, 7) is 1.87. The molecule has 0 atom stereocenters. The lowest BCUT2D eigenvalue weighted by Crippen LogP contribution is -2.18. The average molecular weight is 255 g/mol. The second kappa shape index (κ2) is 3.38. The Bertz CT molecular complexity index is 516. The fourth-order valence-electron chi connectivity index (χ4n) is 1.12. The van der Waals surface area contributed by atoms with Crippen LogP contribution in [0.25, 0.3) is 5.82 Å². The fourth-order valence-corrected chi connectivity index (χ4v) is 1.42. The summed E-state index contributed by atoms with van der Waals surface area (Å²) in [7, 11) is 0. The van der Waals surface area contributed by atoms with Gasteiger partial charge in [0.25, 0.3) is 0 Å². The summed E-state index contributed by atoms with van der Waals surface area (Å²) >= 11 is 3.24. The van der Waals surface area contributed by atoms with E-state index in [9.17, 15) is 4.79 Å². The SMILES string of the molecule is Cc1ccc(Br)nc1-n1nc[nH]c1=O. The van der Waals surface area contributed by atoms with Gasteiger partial charge in [0.1, 0.15) is 10.9 Å². The van der Waals surface area contributed by atoms with E-state index in [0.717, 1.165) is 5.56 Å². The third-order valence-electron chi connectivity index (χ3n) is 1.79. The third-order valence-corrected chi connectivity index (χ3v) is 2.23. The summed E-state index contributed by atoms with van der Waals surface area (Å²) in [5.41, 5.74) is 0.598. The molecule has 2 heterocycles. The number of aromatic amines is 1. The number of nitrogens with one attached hydrogen (secondary N) is 1. The van der Waals surface area contributed by atoms with Crippen molar-refractivity contribution in [3.8, 4) is 5.82 Å². The molecule has 0 saturated carbocycles. The van der Waals surface area contributed by atoms with E-state index in [1.54, 1.807) is 0 Å². The maximum Gasteiger partial charge on any atom is 0.349 e. The minimum atomic E-state index is -0.293. The van der Waals surface area contributed by atoms with Gasteiger partial charge >= 0.3 is 5.69 Å². The molecule has 1 N–H and O–H groups in total. The van der Waals surface area contributed by atoms with Gasteiger partial charge in [-0.2, -0.15) is 9.78 Å². The van der Waals surface area contributed by atoms with E-state index in [0.29, 0.717) is 10.4 Å². The van der Waals surface area contributed by atoms with Crippen molar-refractivity contribution in [2.75, 3.05) is 0 Å². The van der Waals surface area contributed by atoms with Gasteiger partial charge in [-0.15, -0.1) is 0 Å². The second-order valence-corrected chi connectivity index (χ2v) is 3.59. The highest BCUT2D eigenvalue weighted by Gasteiger charge is 2.06. The molecule has 0 aliphatic rings. The maximum absolute atomic E-state index is 11.3. The van der Waals surface area contributed by atoms with Gasteiger partial charge in [0.2, 0.25) is 0 Å². The number of nitrogens with zero attached hydrogens (tertiary/aromatic N) is 3. The molecule has 0 radical (unpaired) electrons. The van der Waals surface area contributed by atoms with Crippen molar-refractivity contribution in [1.29, 1.82) is 0 Å². The predicted molar refractivity (Wildman–Crippen MR) is 54.4 cm³/mol. The van der Waals surface area contributed by atoms with Crippen molar-refractivity contribution in [2.45, 2.75) is 6.92 Å². The van der Waals surface area contributed by atoms with Crippen LogP contribution in [0.5, 0.6) is 0 Å². The van der Waals surface area contributed by atoms with Crippen molar-refractivity contribution in [3.63, 3.8) is 0 Å². The topological polar surface area (TPSA) is 63.6 Å². The highest BCUT2D eigenvalue weighted by Crippen LogP contribution is 2.12. The normalized spacial score (nSPS) is 10.4. The Hall–Kier alpha value is -1.43. The lowest BCUT2D eigenvalue weighted by Gasteiger charge is -2.02. The average Bonchev–Trinajstić information content (AvgIpc) is 2.56. The van der Waals surface area contributed by atoms with Gasteiger partial charge in [0, 0.05) is 0 Å². The summed E-state index contributed by atoms with van der Waals surface area (Å²) in [5.74, 6) is 0.533. The molecule has 2 aromatic rings. The van der Waals surface area contributed by atoms with Crippen LogP contribution in [-0.4, -0.2) is 19.7 Å². The van der Waals surface area contributed by atoms with Gasteiger partial charge in [-0.25, -0.2) is 9.78 Å². The van der Waals surface area contributed by atoms with Gasteiger partial charge in [0.05, 0.1) is 0 Å². The smallest absolute Gasteiger partial charge is 0.295 e. The molecule has 0 spiro atoms. The molecule has 72 valence electrons.